The van der Waals surface area contributed by atoms with Crippen LogP contribution in [-0.4, -0.2) is 21.3 Å². The summed E-state index contributed by atoms with van der Waals surface area (Å²) in [6.07, 6.45) is 0. The number of benzene rings is 2. The predicted octanol–water partition coefficient (Wildman–Crippen LogP) is 5.35. The molecule has 8 nitrogen and oxygen atoms in total. The van der Waals surface area contributed by atoms with Crippen LogP contribution in [0, 0.1) is 24.0 Å². The van der Waals surface area contributed by atoms with Gasteiger partial charge in [0.25, 0.3) is 11.2 Å². The zero-order chi connectivity index (χ0) is 24.0. The van der Waals surface area contributed by atoms with Gasteiger partial charge in [0.05, 0.1) is 16.9 Å². The number of nitro groups is 1. The summed E-state index contributed by atoms with van der Waals surface area (Å²) in [6, 6.07) is 9.16. The number of aryl methyl sites for hydroxylation is 2. The van der Waals surface area contributed by atoms with Crippen molar-refractivity contribution in [2.45, 2.75) is 31.4 Å². The lowest BCUT2D eigenvalue weighted by Crippen LogP contribution is -2.19. The summed E-state index contributed by atoms with van der Waals surface area (Å²) in [5.74, 6) is 0.967. The number of fused-ring (bicyclic) bond motifs is 2. The second-order valence-corrected chi connectivity index (χ2v) is 9.94. The number of nitrogens with zero attached hydrogens (tertiary/aromatic N) is 3. The molecule has 1 aliphatic rings. The van der Waals surface area contributed by atoms with Gasteiger partial charge >= 0.3 is 0 Å². The van der Waals surface area contributed by atoms with Crippen molar-refractivity contribution in [1.29, 1.82) is 0 Å². The van der Waals surface area contributed by atoms with E-state index in [2.05, 4.69) is 26.0 Å². The fourth-order valence-electron chi connectivity index (χ4n) is 3.94. The number of rotatable bonds is 5. The summed E-state index contributed by atoms with van der Waals surface area (Å²) in [7, 11) is 1.70. The lowest BCUT2D eigenvalue weighted by atomic mass is 10.0. The van der Waals surface area contributed by atoms with Gasteiger partial charge < -0.3 is 9.47 Å². The average molecular weight is 496 g/mol. The zero-order valence-corrected chi connectivity index (χ0v) is 20.4. The number of non-ortho nitro benzene ring substituents is 1. The van der Waals surface area contributed by atoms with Crippen LogP contribution in [0.25, 0.3) is 21.3 Å². The highest BCUT2D eigenvalue weighted by atomic mass is 32.2. The van der Waals surface area contributed by atoms with Gasteiger partial charge in [0.2, 0.25) is 0 Å². The highest BCUT2D eigenvalue weighted by molar-refractivity contribution is 7.98. The molecule has 1 aliphatic heterocycles. The van der Waals surface area contributed by atoms with E-state index >= 15 is 0 Å². The molecule has 0 fully saturated rings. The topological polar surface area (TPSA) is 96.5 Å². The normalized spacial score (nSPS) is 13.0. The summed E-state index contributed by atoms with van der Waals surface area (Å²) < 4.78 is 12.4. The largest absolute Gasteiger partial charge is 0.467 e. The minimum absolute atomic E-state index is 0.0166. The summed E-state index contributed by atoms with van der Waals surface area (Å²) in [4.78, 5) is 29.7. The Kier molecular flexibility index (Phi) is 5.88. The van der Waals surface area contributed by atoms with E-state index in [4.69, 9.17) is 14.5 Å². The third-order valence-electron chi connectivity index (χ3n) is 5.93. The molecule has 3 heterocycles. The molecule has 0 unspecified atom stereocenters. The van der Waals surface area contributed by atoms with Crippen molar-refractivity contribution >= 4 is 39.0 Å². The van der Waals surface area contributed by atoms with E-state index in [1.54, 1.807) is 7.05 Å². The smallest absolute Gasteiger partial charge is 0.270 e. The fraction of sp³-hybridized carbons (Fsp3) is 0.250. The van der Waals surface area contributed by atoms with Crippen LogP contribution in [0.1, 0.15) is 22.3 Å². The van der Waals surface area contributed by atoms with Crippen LogP contribution in [0.15, 0.2) is 45.7 Å². The molecule has 5 rings (SSSR count). The number of ether oxygens (including phenoxy) is 2. The van der Waals surface area contributed by atoms with Gasteiger partial charge in [0.15, 0.2) is 11.9 Å². The first kappa shape index (κ1) is 22.6. The van der Waals surface area contributed by atoms with Crippen LogP contribution in [0.3, 0.4) is 0 Å². The van der Waals surface area contributed by atoms with Gasteiger partial charge in [0, 0.05) is 47.0 Å². The lowest BCUT2D eigenvalue weighted by Gasteiger charge is -2.20. The lowest BCUT2D eigenvalue weighted by molar-refractivity contribution is -0.385. The van der Waals surface area contributed by atoms with Crippen LogP contribution in [0.5, 0.6) is 5.75 Å². The highest BCUT2D eigenvalue weighted by Gasteiger charge is 2.22. The van der Waals surface area contributed by atoms with Gasteiger partial charge in [-0.1, -0.05) is 30.0 Å². The molecule has 2 aromatic carbocycles. The van der Waals surface area contributed by atoms with Crippen molar-refractivity contribution in [3.8, 4) is 16.9 Å². The van der Waals surface area contributed by atoms with Crippen molar-refractivity contribution in [2.75, 3.05) is 6.79 Å². The zero-order valence-electron chi connectivity index (χ0n) is 18.8. The Balaban J connectivity index is 1.51. The van der Waals surface area contributed by atoms with Gasteiger partial charge in [-0.25, -0.2) is 4.98 Å². The molecule has 4 aromatic rings. The van der Waals surface area contributed by atoms with Gasteiger partial charge in [-0.05, 0) is 30.5 Å². The van der Waals surface area contributed by atoms with Crippen LogP contribution >= 0.6 is 23.1 Å². The average Bonchev–Trinajstić information content (AvgIpc) is 3.25. The Labute approximate surface area is 203 Å². The maximum absolute atomic E-state index is 13.3. The van der Waals surface area contributed by atoms with E-state index in [1.807, 2.05) is 11.4 Å². The molecule has 10 heteroatoms. The van der Waals surface area contributed by atoms with Crippen molar-refractivity contribution in [2.24, 2.45) is 7.05 Å². The maximum Gasteiger partial charge on any atom is 0.270 e. The SMILES string of the molecule is Cc1ccc(-c2csc3nc(SCc4cc([N+](=O)[O-])cc5c4OCOC5)n(C)c(=O)c23)cc1C. The van der Waals surface area contributed by atoms with Gasteiger partial charge in [0.1, 0.15) is 10.6 Å². The highest BCUT2D eigenvalue weighted by Crippen LogP contribution is 2.37. The second kappa shape index (κ2) is 8.86. The van der Waals surface area contributed by atoms with Crippen molar-refractivity contribution in [1.82, 2.24) is 9.55 Å². The van der Waals surface area contributed by atoms with Crippen LogP contribution in [0.2, 0.25) is 0 Å². The molecule has 0 amide bonds. The Morgan fingerprint density at radius 3 is 2.82 bits per heavy atom. The molecule has 0 aliphatic carbocycles. The Bertz CT molecular complexity index is 1510. The number of aromatic nitrogens is 2. The second-order valence-electron chi connectivity index (χ2n) is 8.14. The minimum Gasteiger partial charge on any atom is -0.467 e. The van der Waals surface area contributed by atoms with E-state index in [9.17, 15) is 14.9 Å². The molecule has 174 valence electrons. The van der Waals surface area contributed by atoms with E-state index < -0.39 is 4.92 Å². The molecular formula is C24H21N3O5S2. The van der Waals surface area contributed by atoms with E-state index in [-0.39, 0.29) is 24.6 Å². The van der Waals surface area contributed by atoms with Crippen LogP contribution in [0.4, 0.5) is 5.69 Å². The molecular weight excluding hydrogens is 474 g/mol. The van der Waals surface area contributed by atoms with Crippen LogP contribution < -0.4 is 10.3 Å². The number of thioether (sulfide) groups is 1. The maximum atomic E-state index is 13.3. The van der Waals surface area contributed by atoms with E-state index in [0.717, 1.165) is 11.1 Å². The summed E-state index contributed by atoms with van der Waals surface area (Å²) in [5, 5.41) is 14.5. The molecule has 0 saturated carbocycles. The quantitative estimate of drug-likeness (QED) is 0.159. The standard InChI is InChI=1S/C24H21N3O5S2/c1-13-4-5-15(6-14(13)2)19-11-33-22-20(19)23(28)26(3)24(25-22)34-10-17-8-18(27(29)30)7-16-9-31-12-32-21(16)17/h4-8,11H,9-10,12H2,1-3H3. The number of nitro benzene ring substituents is 1. The fourth-order valence-corrected chi connectivity index (χ4v) is 5.87. The summed E-state index contributed by atoms with van der Waals surface area (Å²) in [5.41, 5.74) is 5.43. The molecule has 0 radical (unpaired) electrons. The van der Waals surface area contributed by atoms with Gasteiger partial charge in [-0.2, -0.15) is 0 Å². The van der Waals surface area contributed by atoms with E-state index in [1.165, 1.54) is 50.9 Å². The third-order valence-corrected chi connectivity index (χ3v) is 7.88. The molecule has 0 atom stereocenters. The minimum atomic E-state index is -0.428. The molecule has 2 aromatic heterocycles. The third kappa shape index (κ3) is 3.97. The van der Waals surface area contributed by atoms with Gasteiger partial charge in [-0.3, -0.25) is 19.5 Å². The van der Waals surface area contributed by atoms with Crippen molar-refractivity contribution < 1.29 is 14.4 Å². The monoisotopic (exact) mass is 495 g/mol. The molecule has 0 N–H and O–H groups in total. The van der Waals surface area contributed by atoms with Crippen molar-refractivity contribution in [3.05, 3.63) is 78.4 Å². The molecule has 0 spiro atoms. The van der Waals surface area contributed by atoms with Crippen molar-refractivity contribution in [3.63, 3.8) is 0 Å². The molecule has 0 bridgehead atoms. The molecule has 0 saturated heterocycles. The summed E-state index contributed by atoms with van der Waals surface area (Å²) >= 11 is 2.79. The predicted molar refractivity (Wildman–Crippen MR) is 133 cm³/mol. The number of thiophene rings is 1. The Morgan fingerprint density at radius 2 is 2.06 bits per heavy atom. The number of hydrogen-bond acceptors (Lipinski definition) is 8. The first-order chi connectivity index (χ1) is 16.3. The van der Waals surface area contributed by atoms with Crippen LogP contribution in [-0.2, 0) is 24.1 Å². The first-order valence-electron chi connectivity index (χ1n) is 10.5. The molecule has 34 heavy (non-hydrogen) atoms. The Hall–Kier alpha value is -3.21. The first-order valence-corrected chi connectivity index (χ1v) is 12.4. The Morgan fingerprint density at radius 1 is 1.24 bits per heavy atom. The van der Waals surface area contributed by atoms with Gasteiger partial charge in [-0.15, -0.1) is 11.3 Å². The number of hydrogen-bond donors (Lipinski definition) is 0. The van der Waals surface area contributed by atoms with E-state index in [0.29, 0.717) is 38.0 Å². The summed E-state index contributed by atoms with van der Waals surface area (Å²) in [6.45, 7) is 4.47.